The lowest BCUT2D eigenvalue weighted by Gasteiger charge is -2.31. The molecule has 168 valence electrons. The lowest BCUT2D eigenvalue weighted by atomic mass is 10.1. The van der Waals surface area contributed by atoms with Gasteiger partial charge in [-0.1, -0.05) is 57.6 Å². The number of allylic oxidation sites excluding steroid dienone is 1. The number of anilines is 2. The van der Waals surface area contributed by atoms with Crippen molar-refractivity contribution in [2.45, 2.75) is 90.0 Å². The van der Waals surface area contributed by atoms with Crippen LogP contribution in [0.15, 0.2) is 24.4 Å². The summed E-state index contributed by atoms with van der Waals surface area (Å²) >= 11 is 0. The van der Waals surface area contributed by atoms with Crippen molar-refractivity contribution >= 4 is 11.8 Å². The number of hydrogen-bond acceptors (Lipinski definition) is 5. The predicted octanol–water partition coefficient (Wildman–Crippen LogP) is 5.65. The lowest BCUT2D eigenvalue weighted by molar-refractivity contribution is 0.239. The normalized spacial score (nSPS) is 19.3. The Morgan fingerprint density at radius 2 is 1.73 bits per heavy atom. The Morgan fingerprint density at radius 1 is 0.967 bits per heavy atom. The van der Waals surface area contributed by atoms with E-state index in [1.165, 1.54) is 77.0 Å². The number of hydrogen-bond donors (Lipinski definition) is 1. The van der Waals surface area contributed by atoms with Gasteiger partial charge >= 0.3 is 0 Å². The largest absolute Gasteiger partial charge is 0.356 e. The first-order chi connectivity index (χ1) is 14.8. The van der Waals surface area contributed by atoms with Gasteiger partial charge in [-0.2, -0.15) is 4.98 Å². The third kappa shape index (κ3) is 8.25. The Labute approximate surface area is 184 Å². The molecule has 5 nitrogen and oxygen atoms in total. The van der Waals surface area contributed by atoms with Crippen molar-refractivity contribution in [2.75, 3.05) is 42.9 Å². The molecule has 2 fully saturated rings. The van der Waals surface area contributed by atoms with Crippen LogP contribution in [0.3, 0.4) is 0 Å². The predicted molar refractivity (Wildman–Crippen MR) is 128 cm³/mol. The van der Waals surface area contributed by atoms with Gasteiger partial charge in [0.1, 0.15) is 5.82 Å². The van der Waals surface area contributed by atoms with Gasteiger partial charge in [0.05, 0.1) is 0 Å². The molecule has 5 heteroatoms. The molecular weight excluding hydrogens is 370 g/mol. The molecule has 2 aliphatic heterocycles. The fourth-order valence-electron chi connectivity index (χ4n) is 4.54. The van der Waals surface area contributed by atoms with Crippen molar-refractivity contribution in [3.63, 3.8) is 0 Å². The number of nitrogens with one attached hydrogen (secondary N) is 1. The summed E-state index contributed by atoms with van der Waals surface area (Å²) in [4.78, 5) is 14.3. The molecule has 0 atom stereocenters. The Morgan fingerprint density at radius 3 is 2.50 bits per heavy atom. The van der Waals surface area contributed by atoms with Crippen molar-refractivity contribution < 1.29 is 0 Å². The third-order valence-corrected chi connectivity index (χ3v) is 6.50. The molecule has 0 spiro atoms. The molecule has 3 heterocycles. The summed E-state index contributed by atoms with van der Waals surface area (Å²) in [5.41, 5.74) is 0. The molecule has 3 rings (SSSR count). The highest BCUT2D eigenvalue weighted by atomic mass is 15.2. The highest BCUT2D eigenvalue weighted by Crippen LogP contribution is 2.20. The van der Waals surface area contributed by atoms with Crippen molar-refractivity contribution in [1.29, 1.82) is 0 Å². The van der Waals surface area contributed by atoms with Crippen molar-refractivity contribution in [3.8, 4) is 0 Å². The van der Waals surface area contributed by atoms with Crippen LogP contribution in [0.2, 0.25) is 0 Å². The third-order valence-electron chi connectivity index (χ3n) is 6.50. The summed E-state index contributed by atoms with van der Waals surface area (Å²) in [6.45, 7) is 7.94. The number of piperidine rings is 1. The van der Waals surface area contributed by atoms with Crippen molar-refractivity contribution in [2.24, 2.45) is 0 Å². The number of rotatable bonds is 11. The zero-order valence-corrected chi connectivity index (χ0v) is 19.2. The lowest BCUT2D eigenvalue weighted by Crippen LogP contribution is -2.39. The van der Waals surface area contributed by atoms with Gasteiger partial charge in [0.2, 0.25) is 5.95 Å². The minimum Gasteiger partial charge on any atom is -0.356 e. The number of aromatic nitrogens is 2. The van der Waals surface area contributed by atoms with Crippen LogP contribution in [0.5, 0.6) is 0 Å². The minimum atomic E-state index is 0.489. The first kappa shape index (κ1) is 23.1. The zero-order valence-electron chi connectivity index (χ0n) is 19.2. The average Bonchev–Trinajstić information content (AvgIpc) is 3.07. The molecular formula is C25H43N5. The molecule has 0 amide bonds. The first-order valence-corrected chi connectivity index (χ1v) is 12.6. The molecule has 1 aromatic rings. The van der Waals surface area contributed by atoms with E-state index in [2.05, 4.69) is 45.2 Å². The van der Waals surface area contributed by atoms with Crippen LogP contribution >= 0.6 is 0 Å². The summed E-state index contributed by atoms with van der Waals surface area (Å²) in [5, 5.41) is 3.60. The molecule has 1 aromatic heterocycles. The van der Waals surface area contributed by atoms with Gasteiger partial charge in [-0.05, 0) is 44.6 Å². The molecule has 0 saturated carbocycles. The van der Waals surface area contributed by atoms with Crippen LogP contribution in [-0.2, 0) is 0 Å². The molecule has 0 bridgehead atoms. The average molecular weight is 414 g/mol. The van der Waals surface area contributed by atoms with Gasteiger partial charge in [-0.3, -0.25) is 4.90 Å². The van der Waals surface area contributed by atoms with Crippen LogP contribution < -0.4 is 10.2 Å². The standard InChI is InChI=1S/C25H43N5/c1-2-3-4-5-6-7-8-11-18-29-21-15-23(16-22-29)27-25-26-17-14-24(28-25)30-19-12-9-10-13-20-30/h8,11,14,17,23H,2-7,9-10,12-13,15-16,18-22H2,1H3,(H,26,27,28). The first-order valence-electron chi connectivity index (χ1n) is 12.6. The molecule has 30 heavy (non-hydrogen) atoms. The summed E-state index contributed by atoms with van der Waals surface area (Å²) < 4.78 is 0. The van der Waals surface area contributed by atoms with E-state index in [4.69, 9.17) is 4.98 Å². The Balaban J connectivity index is 1.34. The van der Waals surface area contributed by atoms with E-state index < -0.39 is 0 Å². The quantitative estimate of drug-likeness (QED) is 0.375. The van der Waals surface area contributed by atoms with Gasteiger partial charge in [0.25, 0.3) is 0 Å². The molecule has 0 radical (unpaired) electrons. The molecule has 2 saturated heterocycles. The van der Waals surface area contributed by atoms with E-state index in [1.54, 1.807) is 0 Å². The topological polar surface area (TPSA) is 44.3 Å². The summed E-state index contributed by atoms with van der Waals surface area (Å²) in [7, 11) is 0. The van der Waals surface area contributed by atoms with Crippen molar-refractivity contribution in [1.82, 2.24) is 14.9 Å². The van der Waals surface area contributed by atoms with E-state index >= 15 is 0 Å². The Hall–Kier alpha value is -1.62. The Kier molecular flexibility index (Phi) is 10.5. The van der Waals surface area contributed by atoms with E-state index in [9.17, 15) is 0 Å². The second-order valence-corrected chi connectivity index (χ2v) is 9.03. The van der Waals surface area contributed by atoms with Crippen LogP contribution in [0, 0.1) is 0 Å². The second kappa shape index (κ2) is 13.6. The minimum absolute atomic E-state index is 0.489. The van der Waals surface area contributed by atoms with Gasteiger partial charge < -0.3 is 10.2 Å². The highest BCUT2D eigenvalue weighted by molar-refractivity contribution is 5.43. The molecule has 0 aliphatic carbocycles. The van der Waals surface area contributed by atoms with Gasteiger partial charge in [0, 0.05) is 45.0 Å². The van der Waals surface area contributed by atoms with Crippen molar-refractivity contribution in [3.05, 3.63) is 24.4 Å². The molecule has 1 N–H and O–H groups in total. The molecule has 2 aliphatic rings. The fourth-order valence-corrected chi connectivity index (χ4v) is 4.54. The maximum atomic E-state index is 4.83. The number of nitrogens with zero attached hydrogens (tertiary/aromatic N) is 4. The smallest absolute Gasteiger partial charge is 0.224 e. The SMILES string of the molecule is CCCCCCCC=CCN1CCC(Nc2nccc(N3CCCCCC3)n2)CC1. The second-order valence-electron chi connectivity index (χ2n) is 9.03. The summed E-state index contributed by atoms with van der Waals surface area (Å²) in [6.07, 6.45) is 22.4. The molecule has 0 unspecified atom stereocenters. The van der Waals surface area contributed by atoms with Crippen LogP contribution in [0.25, 0.3) is 0 Å². The number of unbranched alkanes of at least 4 members (excludes halogenated alkanes) is 5. The van der Waals surface area contributed by atoms with Crippen LogP contribution in [0.4, 0.5) is 11.8 Å². The Bertz CT molecular complexity index is 601. The molecule has 0 aromatic carbocycles. The van der Waals surface area contributed by atoms with Crippen LogP contribution in [0.1, 0.15) is 84.0 Å². The maximum Gasteiger partial charge on any atom is 0.224 e. The highest BCUT2D eigenvalue weighted by Gasteiger charge is 2.19. The monoisotopic (exact) mass is 413 g/mol. The van der Waals surface area contributed by atoms with Gasteiger partial charge in [-0.25, -0.2) is 4.98 Å². The van der Waals surface area contributed by atoms with E-state index in [0.717, 1.165) is 44.5 Å². The van der Waals surface area contributed by atoms with Gasteiger partial charge in [-0.15, -0.1) is 0 Å². The zero-order chi connectivity index (χ0) is 20.9. The van der Waals surface area contributed by atoms with Crippen LogP contribution in [-0.4, -0.2) is 53.6 Å². The fraction of sp³-hybridized carbons (Fsp3) is 0.760. The van der Waals surface area contributed by atoms with Gasteiger partial charge in [0.15, 0.2) is 0 Å². The van der Waals surface area contributed by atoms with E-state index in [1.807, 2.05) is 6.20 Å². The maximum absolute atomic E-state index is 4.83. The summed E-state index contributed by atoms with van der Waals surface area (Å²) in [5.74, 6) is 1.89. The summed E-state index contributed by atoms with van der Waals surface area (Å²) in [6, 6.07) is 2.55. The van der Waals surface area contributed by atoms with E-state index in [-0.39, 0.29) is 0 Å². The van der Waals surface area contributed by atoms with E-state index in [0.29, 0.717) is 6.04 Å². The number of likely N-dealkylation sites (tertiary alicyclic amines) is 1.